The van der Waals surface area contributed by atoms with E-state index in [1.165, 1.54) is 17.0 Å². The van der Waals surface area contributed by atoms with Crippen molar-refractivity contribution in [2.75, 3.05) is 12.3 Å². The Labute approximate surface area is 136 Å². The Bertz CT molecular complexity index is 673. The average Bonchev–Trinajstić information content (AvgIpc) is 2.90. The highest BCUT2D eigenvalue weighted by Gasteiger charge is 2.27. The maximum Gasteiger partial charge on any atom is 0.134 e. The van der Waals surface area contributed by atoms with Gasteiger partial charge in [0.15, 0.2) is 0 Å². The van der Waals surface area contributed by atoms with Crippen LogP contribution in [0.1, 0.15) is 10.9 Å². The molecule has 0 aromatic heterocycles. The van der Waals surface area contributed by atoms with E-state index in [1.54, 1.807) is 29.3 Å². The summed E-state index contributed by atoms with van der Waals surface area (Å²) in [6.45, 7) is 0.795. The Balaban J connectivity index is 1.63. The fraction of sp³-hybridized carbons (Fsp3) is 0.176. The third-order valence-electron chi connectivity index (χ3n) is 3.42. The molecule has 0 bridgehead atoms. The molecule has 0 radical (unpaired) electrons. The van der Waals surface area contributed by atoms with Crippen LogP contribution < -0.4 is 0 Å². The lowest BCUT2D eigenvalue weighted by Crippen LogP contribution is -2.24. The van der Waals surface area contributed by atoms with Gasteiger partial charge in [-0.1, -0.05) is 30.3 Å². The lowest BCUT2D eigenvalue weighted by molar-refractivity contribution is 0.385. The molecule has 114 valence electrons. The van der Waals surface area contributed by atoms with Gasteiger partial charge in [0.25, 0.3) is 0 Å². The van der Waals surface area contributed by atoms with E-state index >= 15 is 0 Å². The number of thioether (sulfide) groups is 1. The van der Waals surface area contributed by atoms with Crippen LogP contribution in [0.15, 0.2) is 71.1 Å². The molecule has 0 aliphatic carbocycles. The summed E-state index contributed by atoms with van der Waals surface area (Å²) in [6.07, 6.45) is 1.88. The van der Waals surface area contributed by atoms with Crippen molar-refractivity contribution < 1.29 is 8.60 Å². The summed E-state index contributed by atoms with van der Waals surface area (Å²) in [5.74, 6) is 0.634. The topological polar surface area (TPSA) is 20.3 Å². The van der Waals surface area contributed by atoms with Crippen LogP contribution in [-0.2, 0) is 10.8 Å². The standard InChI is InChI=1S/C17H16FNOS2/c18-15-8-6-14(7-9-15)17-19(11-13-22(17)20)10-12-21-16-4-2-1-3-5-16/h1-9,11,13,17H,10,12H2. The zero-order valence-electron chi connectivity index (χ0n) is 11.9. The third kappa shape index (κ3) is 3.59. The minimum absolute atomic E-state index is 0.211. The first-order valence-corrected chi connectivity index (χ1v) is 9.27. The van der Waals surface area contributed by atoms with Crippen molar-refractivity contribution in [3.8, 4) is 0 Å². The monoisotopic (exact) mass is 333 g/mol. The fourth-order valence-electron chi connectivity index (χ4n) is 2.35. The molecular formula is C17H16FNOS2. The summed E-state index contributed by atoms with van der Waals surface area (Å²) in [6, 6.07) is 16.5. The van der Waals surface area contributed by atoms with E-state index in [-0.39, 0.29) is 11.2 Å². The maximum absolute atomic E-state index is 13.0. The first kappa shape index (κ1) is 15.3. The van der Waals surface area contributed by atoms with Gasteiger partial charge >= 0.3 is 0 Å². The number of benzene rings is 2. The van der Waals surface area contributed by atoms with E-state index in [0.717, 1.165) is 17.9 Å². The lowest BCUT2D eigenvalue weighted by Gasteiger charge is -2.24. The third-order valence-corrected chi connectivity index (χ3v) is 5.79. The van der Waals surface area contributed by atoms with Gasteiger partial charge in [-0.25, -0.2) is 4.39 Å². The molecule has 2 atom stereocenters. The van der Waals surface area contributed by atoms with Crippen LogP contribution in [0.25, 0.3) is 0 Å². The Morgan fingerprint density at radius 3 is 2.55 bits per heavy atom. The molecule has 2 aromatic rings. The number of rotatable bonds is 5. The summed E-state index contributed by atoms with van der Waals surface area (Å²) in [5, 5.41) is 1.50. The summed E-state index contributed by atoms with van der Waals surface area (Å²) in [4.78, 5) is 3.30. The zero-order chi connectivity index (χ0) is 15.4. The van der Waals surface area contributed by atoms with Crippen LogP contribution in [0, 0.1) is 5.82 Å². The SMILES string of the molecule is O=S1C=CN(CCSc2ccccc2)C1c1ccc(F)cc1. The predicted molar refractivity (Wildman–Crippen MR) is 90.3 cm³/mol. The van der Waals surface area contributed by atoms with E-state index in [1.807, 2.05) is 24.4 Å². The second-order valence-electron chi connectivity index (χ2n) is 4.92. The fourth-order valence-corrected chi connectivity index (χ4v) is 4.54. The van der Waals surface area contributed by atoms with Crippen molar-refractivity contribution in [1.82, 2.24) is 4.90 Å². The van der Waals surface area contributed by atoms with Gasteiger partial charge in [-0.3, -0.25) is 4.21 Å². The molecule has 0 saturated heterocycles. The maximum atomic E-state index is 13.0. The molecule has 0 fully saturated rings. The van der Waals surface area contributed by atoms with Crippen LogP contribution in [0.2, 0.25) is 0 Å². The van der Waals surface area contributed by atoms with Gasteiger partial charge in [0.2, 0.25) is 0 Å². The largest absolute Gasteiger partial charge is 0.358 e. The molecule has 1 heterocycles. The van der Waals surface area contributed by atoms with Crippen LogP contribution in [0.4, 0.5) is 4.39 Å². The van der Waals surface area contributed by atoms with Gasteiger partial charge in [-0.2, -0.15) is 0 Å². The molecule has 22 heavy (non-hydrogen) atoms. The summed E-state index contributed by atoms with van der Waals surface area (Å²) in [5.41, 5.74) is 0.884. The molecule has 0 N–H and O–H groups in total. The number of hydrogen-bond donors (Lipinski definition) is 0. The molecule has 1 aliphatic rings. The normalized spacial score (nSPS) is 20.5. The Kier molecular flexibility index (Phi) is 4.95. The van der Waals surface area contributed by atoms with Crippen LogP contribution in [-0.4, -0.2) is 21.4 Å². The van der Waals surface area contributed by atoms with Crippen molar-refractivity contribution in [2.45, 2.75) is 10.3 Å². The van der Waals surface area contributed by atoms with Crippen LogP contribution in [0.3, 0.4) is 0 Å². The van der Waals surface area contributed by atoms with Gasteiger partial charge in [0.05, 0.1) is 10.8 Å². The van der Waals surface area contributed by atoms with Crippen LogP contribution >= 0.6 is 11.8 Å². The Morgan fingerprint density at radius 1 is 1.09 bits per heavy atom. The first-order valence-electron chi connectivity index (χ1n) is 7.01. The molecule has 5 heteroatoms. The smallest absolute Gasteiger partial charge is 0.134 e. The van der Waals surface area contributed by atoms with E-state index in [4.69, 9.17) is 0 Å². The molecule has 2 aromatic carbocycles. The van der Waals surface area contributed by atoms with Gasteiger partial charge < -0.3 is 4.90 Å². The second-order valence-corrected chi connectivity index (χ2v) is 7.46. The van der Waals surface area contributed by atoms with Gasteiger partial charge in [0, 0.05) is 28.8 Å². The number of hydrogen-bond acceptors (Lipinski definition) is 3. The highest BCUT2D eigenvalue weighted by atomic mass is 32.2. The van der Waals surface area contributed by atoms with Crippen molar-refractivity contribution in [3.63, 3.8) is 0 Å². The van der Waals surface area contributed by atoms with Gasteiger partial charge in [-0.15, -0.1) is 11.8 Å². The molecule has 0 spiro atoms. The summed E-state index contributed by atoms with van der Waals surface area (Å²) in [7, 11) is -1.08. The summed E-state index contributed by atoms with van der Waals surface area (Å²) < 4.78 is 25.2. The second kappa shape index (κ2) is 7.11. The molecule has 2 unspecified atom stereocenters. The van der Waals surface area contributed by atoms with E-state index in [0.29, 0.717) is 0 Å². The molecule has 0 saturated carbocycles. The minimum atomic E-state index is -1.08. The molecule has 0 amide bonds. The van der Waals surface area contributed by atoms with Crippen molar-refractivity contribution in [3.05, 3.63) is 77.6 Å². The van der Waals surface area contributed by atoms with Gasteiger partial charge in [-0.05, 0) is 29.8 Å². The highest BCUT2D eigenvalue weighted by Crippen LogP contribution is 2.31. The van der Waals surface area contributed by atoms with Crippen LogP contribution in [0.5, 0.6) is 0 Å². The minimum Gasteiger partial charge on any atom is -0.358 e. The van der Waals surface area contributed by atoms with Crippen molar-refractivity contribution >= 4 is 22.6 Å². The molecule has 2 nitrogen and oxygen atoms in total. The van der Waals surface area contributed by atoms with Crippen molar-refractivity contribution in [1.29, 1.82) is 0 Å². The van der Waals surface area contributed by atoms with E-state index < -0.39 is 10.8 Å². The van der Waals surface area contributed by atoms with E-state index in [9.17, 15) is 8.60 Å². The molecule has 1 aliphatic heterocycles. The molecule has 3 rings (SSSR count). The number of nitrogens with zero attached hydrogens (tertiary/aromatic N) is 1. The molecular weight excluding hydrogens is 317 g/mol. The lowest BCUT2D eigenvalue weighted by atomic mass is 10.2. The van der Waals surface area contributed by atoms with Crippen molar-refractivity contribution in [2.24, 2.45) is 0 Å². The highest BCUT2D eigenvalue weighted by molar-refractivity contribution is 7.99. The first-order chi connectivity index (χ1) is 10.7. The summed E-state index contributed by atoms with van der Waals surface area (Å²) >= 11 is 1.77. The predicted octanol–water partition coefficient (Wildman–Crippen LogP) is 4.15. The quantitative estimate of drug-likeness (QED) is 0.767. The van der Waals surface area contributed by atoms with E-state index in [2.05, 4.69) is 17.0 Å². The Morgan fingerprint density at radius 2 is 1.82 bits per heavy atom. The Hall–Kier alpha value is -1.59. The average molecular weight is 333 g/mol. The van der Waals surface area contributed by atoms with Gasteiger partial charge in [0.1, 0.15) is 11.2 Å². The zero-order valence-corrected chi connectivity index (χ0v) is 13.5. The number of halogens is 1.